The Kier molecular flexibility index (Phi) is 6.11. The number of hydrogen-bond donors (Lipinski definition) is 1. The van der Waals surface area contributed by atoms with Gasteiger partial charge in [-0.05, 0) is 43.3 Å². The Bertz CT molecular complexity index is 975. The highest BCUT2D eigenvalue weighted by atomic mass is 19.3. The van der Waals surface area contributed by atoms with E-state index in [4.69, 9.17) is 15.5 Å². The average molecular weight is 397 g/mol. The van der Waals surface area contributed by atoms with Crippen LogP contribution in [0.2, 0.25) is 13.1 Å². The van der Waals surface area contributed by atoms with Gasteiger partial charge in [0.05, 0.1) is 11.1 Å². The van der Waals surface area contributed by atoms with E-state index < -0.39 is 12.1 Å². The summed E-state index contributed by atoms with van der Waals surface area (Å²) in [7, 11) is 0. The molecule has 2 N–H and O–H groups in total. The molecule has 0 bridgehead atoms. The van der Waals surface area contributed by atoms with Crippen molar-refractivity contribution < 1.29 is 13.3 Å². The number of aromatic nitrogens is 2. The van der Waals surface area contributed by atoms with Gasteiger partial charge in [0, 0.05) is 12.5 Å². The van der Waals surface area contributed by atoms with Gasteiger partial charge in [-0.3, -0.25) is 4.99 Å². The van der Waals surface area contributed by atoms with Gasteiger partial charge in [0.1, 0.15) is 5.71 Å². The summed E-state index contributed by atoms with van der Waals surface area (Å²) in [5, 5.41) is 13.0. The van der Waals surface area contributed by atoms with Crippen molar-refractivity contribution in [3.63, 3.8) is 0 Å². The molecular weight excluding hydrogens is 375 g/mol. The lowest BCUT2D eigenvalue weighted by Gasteiger charge is -2.13. The van der Waals surface area contributed by atoms with E-state index in [2.05, 4.69) is 21.1 Å². The van der Waals surface area contributed by atoms with Crippen LogP contribution in [0.1, 0.15) is 35.7 Å². The van der Waals surface area contributed by atoms with Crippen LogP contribution in [0.15, 0.2) is 45.6 Å². The van der Waals surface area contributed by atoms with Crippen LogP contribution in [-0.4, -0.2) is 35.5 Å². The topological polar surface area (TPSA) is 101 Å². The standard InChI is InChI=1S/C20H22BF2N5O/c1-13-5-3-4-6-14(13)20(7-8-20)19-27-18(29-28-19)16(11-15(25)17(22)23)26-10-9-21(2)12-24/h3-6,11,17H,7-10,25H2,1-2H3/b15-11-,26-16?. The molecule has 0 unspecified atom stereocenters. The molecule has 3 rings (SSSR count). The summed E-state index contributed by atoms with van der Waals surface area (Å²) >= 11 is 0. The molecule has 2 aromatic rings. The summed E-state index contributed by atoms with van der Waals surface area (Å²) in [4.78, 5) is 8.76. The number of nitrogens with two attached hydrogens (primary N) is 1. The third kappa shape index (κ3) is 4.53. The molecule has 0 spiro atoms. The second-order valence-corrected chi connectivity index (χ2v) is 7.35. The van der Waals surface area contributed by atoms with E-state index in [1.165, 1.54) is 0 Å². The minimum atomic E-state index is -2.82. The van der Waals surface area contributed by atoms with Crippen LogP contribution >= 0.6 is 0 Å². The van der Waals surface area contributed by atoms with Crippen LogP contribution in [-0.2, 0) is 5.41 Å². The fraction of sp³-hybridized carbons (Fsp3) is 0.400. The van der Waals surface area contributed by atoms with Gasteiger partial charge in [-0.1, -0.05) is 36.2 Å². The van der Waals surface area contributed by atoms with Gasteiger partial charge < -0.3 is 10.3 Å². The quantitative estimate of drug-likeness (QED) is 0.542. The molecule has 1 heterocycles. The number of allylic oxidation sites excluding steroid dienone is 2. The molecule has 150 valence electrons. The van der Waals surface area contributed by atoms with Crippen LogP contribution in [0, 0.1) is 18.2 Å². The van der Waals surface area contributed by atoms with E-state index in [9.17, 15) is 8.78 Å². The molecule has 0 amide bonds. The van der Waals surface area contributed by atoms with E-state index >= 15 is 0 Å². The van der Waals surface area contributed by atoms with Crippen molar-refractivity contribution >= 4 is 12.4 Å². The highest BCUT2D eigenvalue weighted by Gasteiger charge is 2.50. The zero-order valence-electron chi connectivity index (χ0n) is 16.4. The Morgan fingerprint density at radius 2 is 2.17 bits per heavy atom. The first kappa shape index (κ1) is 20.7. The lowest BCUT2D eigenvalue weighted by Crippen LogP contribution is -2.14. The van der Waals surface area contributed by atoms with Crippen molar-refractivity contribution in [2.24, 2.45) is 10.7 Å². The molecule has 1 aromatic heterocycles. The van der Waals surface area contributed by atoms with Crippen molar-refractivity contribution in [3.8, 4) is 5.97 Å². The van der Waals surface area contributed by atoms with Gasteiger partial charge in [-0.2, -0.15) is 4.98 Å². The molecule has 1 fully saturated rings. The van der Waals surface area contributed by atoms with Crippen LogP contribution in [0.5, 0.6) is 0 Å². The largest absolute Gasteiger partial charge is 0.397 e. The summed E-state index contributed by atoms with van der Waals surface area (Å²) < 4.78 is 31.2. The minimum Gasteiger partial charge on any atom is -0.397 e. The lowest BCUT2D eigenvalue weighted by atomic mass is 9.51. The highest BCUT2D eigenvalue weighted by Crippen LogP contribution is 2.53. The fourth-order valence-electron chi connectivity index (χ4n) is 3.21. The molecule has 29 heavy (non-hydrogen) atoms. The van der Waals surface area contributed by atoms with Gasteiger partial charge in [0.2, 0.25) is 0 Å². The molecule has 0 atom stereocenters. The van der Waals surface area contributed by atoms with E-state index in [0.717, 1.165) is 30.0 Å². The average Bonchev–Trinajstić information content (AvgIpc) is 3.35. The van der Waals surface area contributed by atoms with Crippen molar-refractivity contribution in [1.29, 1.82) is 5.26 Å². The Morgan fingerprint density at radius 3 is 2.79 bits per heavy atom. The van der Waals surface area contributed by atoms with Crippen LogP contribution in [0.3, 0.4) is 0 Å². The van der Waals surface area contributed by atoms with Gasteiger partial charge in [-0.15, -0.1) is 0 Å². The van der Waals surface area contributed by atoms with Crippen molar-refractivity contribution in [3.05, 3.63) is 58.9 Å². The van der Waals surface area contributed by atoms with E-state index in [1.54, 1.807) is 6.82 Å². The van der Waals surface area contributed by atoms with E-state index in [-0.39, 0.29) is 30.3 Å². The highest BCUT2D eigenvalue weighted by molar-refractivity contribution is 6.65. The molecule has 0 radical (unpaired) electrons. The second-order valence-electron chi connectivity index (χ2n) is 7.35. The maximum Gasteiger partial charge on any atom is 0.277 e. The third-order valence-electron chi connectivity index (χ3n) is 5.10. The zero-order valence-corrected chi connectivity index (χ0v) is 16.4. The Balaban J connectivity index is 1.92. The number of nitrogens with zero attached hydrogens (tertiary/aromatic N) is 4. The third-order valence-corrected chi connectivity index (χ3v) is 5.10. The maximum absolute atomic E-state index is 12.9. The molecule has 0 saturated heterocycles. The van der Waals surface area contributed by atoms with Gasteiger partial charge in [0.15, 0.2) is 5.82 Å². The normalized spacial score (nSPS) is 16.0. The number of benzene rings is 1. The van der Waals surface area contributed by atoms with E-state index in [1.807, 2.05) is 31.2 Å². The predicted octanol–water partition coefficient (Wildman–Crippen LogP) is 3.54. The number of hydrogen-bond acceptors (Lipinski definition) is 6. The van der Waals surface area contributed by atoms with Crippen molar-refractivity contribution in [1.82, 2.24) is 10.1 Å². The van der Waals surface area contributed by atoms with Gasteiger partial charge >= 0.3 is 0 Å². The molecule has 1 aromatic carbocycles. The molecule has 1 aliphatic carbocycles. The fourth-order valence-corrected chi connectivity index (χ4v) is 3.21. The molecule has 1 aliphatic rings. The smallest absolute Gasteiger partial charge is 0.277 e. The van der Waals surface area contributed by atoms with E-state index in [0.29, 0.717) is 12.1 Å². The Hall–Kier alpha value is -3.02. The Morgan fingerprint density at radius 1 is 1.45 bits per heavy atom. The number of alkyl halides is 2. The molecule has 1 saturated carbocycles. The van der Waals surface area contributed by atoms with Gasteiger partial charge in [0.25, 0.3) is 19.0 Å². The first-order chi connectivity index (χ1) is 13.9. The lowest BCUT2D eigenvalue weighted by molar-refractivity contribution is 0.188. The number of halogens is 2. The summed E-state index contributed by atoms with van der Waals surface area (Å²) in [5.74, 6) is 2.68. The molecule has 6 nitrogen and oxygen atoms in total. The number of aliphatic imine (C=N–C) groups is 1. The summed E-state index contributed by atoms with van der Waals surface area (Å²) in [6.45, 7) is 3.86. The predicted molar refractivity (Wildman–Crippen MR) is 107 cm³/mol. The summed E-state index contributed by atoms with van der Waals surface area (Å²) in [5.41, 5.74) is 6.85. The zero-order chi connectivity index (χ0) is 21.0. The summed E-state index contributed by atoms with van der Waals surface area (Å²) in [6.07, 6.45) is 0.501. The van der Waals surface area contributed by atoms with Crippen molar-refractivity contribution in [2.75, 3.05) is 6.54 Å². The molecule has 9 heteroatoms. The number of nitriles is 1. The first-order valence-corrected chi connectivity index (χ1v) is 9.47. The van der Waals surface area contributed by atoms with Gasteiger partial charge in [-0.25, -0.2) is 14.0 Å². The second kappa shape index (κ2) is 8.56. The summed E-state index contributed by atoms with van der Waals surface area (Å²) in [6, 6.07) is 8.03. The first-order valence-electron chi connectivity index (χ1n) is 9.47. The number of aryl methyl sites for hydroxylation is 1. The maximum atomic E-state index is 12.9. The minimum absolute atomic E-state index is 0.0491. The molecule has 0 aliphatic heterocycles. The van der Waals surface area contributed by atoms with Crippen LogP contribution < -0.4 is 5.73 Å². The Labute approximate surface area is 168 Å². The SMILES string of the molecule is CB(C#N)CCN=C(/C=C(\N)C(F)F)c1nc(C2(c3ccccc3C)CC2)no1. The molecular formula is C20H22BF2N5O. The van der Waals surface area contributed by atoms with Crippen LogP contribution in [0.4, 0.5) is 8.78 Å². The van der Waals surface area contributed by atoms with Crippen LogP contribution in [0.25, 0.3) is 0 Å². The number of rotatable bonds is 8. The monoisotopic (exact) mass is 397 g/mol. The van der Waals surface area contributed by atoms with Crippen molar-refractivity contribution in [2.45, 2.75) is 44.7 Å².